The summed E-state index contributed by atoms with van der Waals surface area (Å²) in [6.45, 7) is 0.480. The molecule has 0 saturated heterocycles. The summed E-state index contributed by atoms with van der Waals surface area (Å²) in [7, 11) is 0. The van der Waals surface area contributed by atoms with Crippen LogP contribution in [0.1, 0.15) is 22.5 Å². The van der Waals surface area contributed by atoms with Crippen molar-refractivity contribution in [2.45, 2.75) is 6.42 Å². The van der Waals surface area contributed by atoms with Crippen molar-refractivity contribution in [3.63, 3.8) is 0 Å². The van der Waals surface area contributed by atoms with Crippen LogP contribution < -0.4 is 4.90 Å². The molecular weight excluding hydrogens is 244 g/mol. The van der Waals surface area contributed by atoms with Crippen molar-refractivity contribution in [2.24, 2.45) is 5.16 Å². The van der Waals surface area contributed by atoms with Crippen LogP contribution >= 0.6 is 0 Å². The van der Waals surface area contributed by atoms with E-state index in [-0.39, 0.29) is 5.91 Å². The van der Waals surface area contributed by atoms with E-state index in [4.69, 9.17) is 5.21 Å². The van der Waals surface area contributed by atoms with Gasteiger partial charge in [0.2, 0.25) is 0 Å². The molecule has 6 nitrogen and oxygen atoms in total. The van der Waals surface area contributed by atoms with Crippen LogP contribution in [0.3, 0.4) is 0 Å². The first-order valence-corrected chi connectivity index (χ1v) is 5.93. The van der Waals surface area contributed by atoms with Crippen LogP contribution in [0.5, 0.6) is 0 Å². The van der Waals surface area contributed by atoms with Crippen LogP contribution in [0.15, 0.2) is 41.7 Å². The molecule has 1 aromatic heterocycles. The van der Waals surface area contributed by atoms with Gasteiger partial charge in [0.1, 0.15) is 5.69 Å². The molecule has 1 aromatic carbocycles. The number of H-pyrrole nitrogens is 1. The molecule has 6 heteroatoms. The van der Waals surface area contributed by atoms with E-state index in [2.05, 4.69) is 15.4 Å². The normalized spacial score (nSPS) is 16.4. The first-order valence-electron chi connectivity index (χ1n) is 5.93. The Morgan fingerprint density at radius 1 is 1.37 bits per heavy atom. The van der Waals surface area contributed by atoms with Gasteiger partial charge in [-0.1, -0.05) is 23.4 Å². The van der Waals surface area contributed by atoms with Crippen molar-refractivity contribution in [1.29, 1.82) is 0 Å². The molecule has 0 atom stereocenters. The molecule has 0 spiro atoms. The smallest absolute Gasteiger partial charge is 0.276 e. The van der Waals surface area contributed by atoms with E-state index >= 15 is 0 Å². The van der Waals surface area contributed by atoms with Gasteiger partial charge in [0.15, 0.2) is 0 Å². The average molecular weight is 256 g/mol. The number of aromatic amines is 1. The lowest BCUT2D eigenvalue weighted by molar-refractivity contribution is 0.0982. The molecule has 2 aromatic rings. The van der Waals surface area contributed by atoms with Crippen LogP contribution in [0, 0.1) is 0 Å². The van der Waals surface area contributed by atoms with E-state index in [9.17, 15) is 4.79 Å². The molecule has 2 N–H and O–H groups in total. The molecule has 1 aliphatic rings. The zero-order valence-corrected chi connectivity index (χ0v) is 10.1. The van der Waals surface area contributed by atoms with Crippen molar-refractivity contribution < 1.29 is 10.0 Å². The number of hydrogen-bond donors (Lipinski definition) is 2. The Bertz CT molecular complexity index is 634. The summed E-state index contributed by atoms with van der Waals surface area (Å²) in [4.78, 5) is 14.0. The number of amides is 1. The van der Waals surface area contributed by atoms with Gasteiger partial charge in [0.25, 0.3) is 5.91 Å². The highest BCUT2D eigenvalue weighted by molar-refractivity contribution is 6.14. The minimum absolute atomic E-state index is 0.137. The lowest BCUT2D eigenvalue weighted by atomic mass is 9.99. The highest BCUT2D eigenvalue weighted by Gasteiger charge is 2.27. The van der Waals surface area contributed by atoms with Gasteiger partial charge in [0.05, 0.1) is 11.4 Å². The number of oxime groups is 1. The minimum atomic E-state index is -0.137. The molecule has 3 rings (SSSR count). The van der Waals surface area contributed by atoms with E-state index in [1.807, 2.05) is 24.3 Å². The summed E-state index contributed by atoms with van der Waals surface area (Å²) >= 11 is 0. The number of aromatic nitrogens is 2. The fourth-order valence-corrected chi connectivity index (χ4v) is 2.26. The summed E-state index contributed by atoms with van der Waals surface area (Å²) in [6.07, 6.45) is 2.07. The third-order valence-electron chi connectivity index (χ3n) is 3.17. The highest BCUT2D eigenvalue weighted by atomic mass is 16.4. The molecule has 1 amide bonds. The maximum absolute atomic E-state index is 12.4. The maximum Gasteiger partial charge on any atom is 0.276 e. The number of rotatable bonds is 1. The Labute approximate surface area is 109 Å². The Morgan fingerprint density at radius 2 is 2.21 bits per heavy atom. The topological polar surface area (TPSA) is 81.6 Å². The third kappa shape index (κ3) is 1.87. The van der Waals surface area contributed by atoms with E-state index in [1.165, 1.54) is 0 Å². The Morgan fingerprint density at radius 3 is 2.95 bits per heavy atom. The molecular formula is C13H12N4O2. The van der Waals surface area contributed by atoms with Crippen LogP contribution in [0.2, 0.25) is 0 Å². The number of carbonyl (C=O) groups is 1. The SMILES string of the molecule is O=C(c1ccn[nH]1)N1CCC(=NO)c2ccccc21. The predicted molar refractivity (Wildman–Crippen MR) is 69.6 cm³/mol. The van der Waals surface area contributed by atoms with Crippen molar-refractivity contribution in [1.82, 2.24) is 10.2 Å². The number of fused-ring (bicyclic) bond motifs is 1. The lowest BCUT2D eigenvalue weighted by Crippen LogP contribution is -2.37. The highest BCUT2D eigenvalue weighted by Crippen LogP contribution is 2.28. The number of anilines is 1. The fraction of sp³-hybridized carbons (Fsp3) is 0.154. The fourth-order valence-electron chi connectivity index (χ4n) is 2.26. The number of carbonyl (C=O) groups excluding carboxylic acids is 1. The first kappa shape index (κ1) is 11.5. The largest absolute Gasteiger partial charge is 0.411 e. The zero-order chi connectivity index (χ0) is 13.2. The van der Waals surface area contributed by atoms with Crippen LogP contribution in [-0.2, 0) is 0 Å². The van der Waals surface area contributed by atoms with Gasteiger partial charge < -0.3 is 10.1 Å². The summed E-state index contributed by atoms with van der Waals surface area (Å²) < 4.78 is 0. The maximum atomic E-state index is 12.4. The van der Waals surface area contributed by atoms with Crippen molar-refractivity contribution in [3.05, 3.63) is 47.8 Å². The third-order valence-corrected chi connectivity index (χ3v) is 3.17. The molecule has 0 radical (unpaired) electrons. The molecule has 0 fully saturated rings. The summed E-state index contributed by atoms with van der Waals surface area (Å²) in [6, 6.07) is 9.03. The van der Waals surface area contributed by atoms with Crippen LogP contribution in [0.4, 0.5) is 5.69 Å². The first-order chi connectivity index (χ1) is 9.31. The van der Waals surface area contributed by atoms with E-state index in [1.54, 1.807) is 17.2 Å². The molecule has 96 valence electrons. The number of para-hydroxylation sites is 1. The van der Waals surface area contributed by atoms with Crippen LogP contribution in [-0.4, -0.2) is 33.6 Å². The van der Waals surface area contributed by atoms with Gasteiger partial charge in [-0.2, -0.15) is 5.10 Å². The average Bonchev–Trinajstić information content (AvgIpc) is 2.99. The number of hydrogen-bond acceptors (Lipinski definition) is 4. The van der Waals surface area contributed by atoms with Gasteiger partial charge in [0, 0.05) is 24.7 Å². The summed E-state index contributed by atoms with van der Waals surface area (Å²) in [5, 5.41) is 18.8. The molecule has 0 unspecified atom stereocenters. The number of nitrogens with zero attached hydrogens (tertiary/aromatic N) is 3. The molecule has 0 saturated carbocycles. The van der Waals surface area contributed by atoms with Gasteiger partial charge in [-0.05, 0) is 12.1 Å². The van der Waals surface area contributed by atoms with E-state index < -0.39 is 0 Å². The molecule has 0 aliphatic carbocycles. The van der Waals surface area contributed by atoms with Crippen molar-refractivity contribution in [2.75, 3.05) is 11.4 Å². The van der Waals surface area contributed by atoms with Crippen molar-refractivity contribution >= 4 is 17.3 Å². The summed E-state index contributed by atoms with van der Waals surface area (Å²) in [5.41, 5.74) is 2.58. The second kappa shape index (κ2) is 4.56. The second-order valence-electron chi connectivity index (χ2n) is 4.24. The minimum Gasteiger partial charge on any atom is -0.411 e. The summed E-state index contributed by atoms with van der Waals surface area (Å²) in [5.74, 6) is -0.137. The molecule has 19 heavy (non-hydrogen) atoms. The van der Waals surface area contributed by atoms with Crippen LogP contribution in [0.25, 0.3) is 0 Å². The lowest BCUT2D eigenvalue weighted by Gasteiger charge is -2.29. The monoisotopic (exact) mass is 256 g/mol. The molecule has 0 bridgehead atoms. The Hall–Kier alpha value is -2.63. The molecule has 1 aliphatic heterocycles. The standard InChI is InChI=1S/C13H12N4O2/c18-13(11-5-7-14-15-11)17-8-6-10(16-19)9-3-1-2-4-12(9)17/h1-5,7,19H,6,8H2,(H,14,15). The molecule has 2 heterocycles. The van der Waals surface area contributed by atoms with Crippen molar-refractivity contribution in [3.8, 4) is 0 Å². The second-order valence-corrected chi connectivity index (χ2v) is 4.24. The van der Waals surface area contributed by atoms with E-state index in [0.29, 0.717) is 24.4 Å². The van der Waals surface area contributed by atoms with E-state index in [0.717, 1.165) is 11.3 Å². The Kier molecular flexibility index (Phi) is 2.75. The number of benzene rings is 1. The number of nitrogens with one attached hydrogen (secondary N) is 1. The van der Waals surface area contributed by atoms with Gasteiger partial charge in [-0.15, -0.1) is 0 Å². The van der Waals surface area contributed by atoms with Gasteiger partial charge in [-0.3, -0.25) is 9.89 Å². The predicted octanol–water partition coefficient (Wildman–Crippen LogP) is 1.64. The van der Waals surface area contributed by atoms with Gasteiger partial charge in [-0.25, -0.2) is 0 Å². The Balaban J connectivity index is 2.03. The van der Waals surface area contributed by atoms with Gasteiger partial charge >= 0.3 is 0 Å². The zero-order valence-electron chi connectivity index (χ0n) is 10.1. The quantitative estimate of drug-likeness (QED) is 0.601.